The standard InChI is InChI=1S/C14H15N3OS/c1-17-7-6-16-14(17)19-9-3-8-18-13-5-2-4-12(10-13)11-15/h2,4-7,10H,3,8-9H2,1H3. The van der Waals surface area contributed by atoms with Gasteiger partial charge in [0, 0.05) is 25.2 Å². The van der Waals surface area contributed by atoms with Gasteiger partial charge in [-0.05, 0) is 24.6 Å². The lowest BCUT2D eigenvalue weighted by Crippen LogP contribution is -1.99. The Morgan fingerprint density at radius 3 is 3.11 bits per heavy atom. The molecule has 0 radical (unpaired) electrons. The first-order chi connectivity index (χ1) is 9.29. The molecular weight excluding hydrogens is 258 g/mol. The van der Waals surface area contributed by atoms with Crippen LogP contribution in [0.4, 0.5) is 0 Å². The highest BCUT2D eigenvalue weighted by molar-refractivity contribution is 7.99. The van der Waals surface area contributed by atoms with Crippen LogP contribution in [-0.2, 0) is 7.05 Å². The molecule has 2 aromatic rings. The third-order valence-electron chi connectivity index (χ3n) is 2.53. The van der Waals surface area contributed by atoms with Crippen molar-refractivity contribution in [2.75, 3.05) is 12.4 Å². The van der Waals surface area contributed by atoms with Gasteiger partial charge in [0.05, 0.1) is 18.2 Å². The highest BCUT2D eigenvalue weighted by Crippen LogP contribution is 2.16. The summed E-state index contributed by atoms with van der Waals surface area (Å²) in [4.78, 5) is 4.24. The molecule has 0 aliphatic heterocycles. The van der Waals surface area contributed by atoms with Crippen molar-refractivity contribution < 1.29 is 4.74 Å². The van der Waals surface area contributed by atoms with E-state index in [0.717, 1.165) is 23.1 Å². The Bertz CT molecular complexity index is 574. The maximum Gasteiger partial charge on any atom is 0.167 e. The van der Waals surface area contributed by atoms with Gasteiger partial charge in [0.15, 0.2) is 5.16 Å². The third kappa shape index (κ3) is 4.04. The summed E-state index contributed by atoms with van der Waals surface area (Å²) in [5.74, 6) is 1.71. The number of imidazole rings is 1. The summed E-state index contributed by atoms with van der Waals surface area (Å²) in [6.45, 7) is 0.645. The Morgan fingerprint density at radius 2 is 2.37 bits per heavy atom. The summed E-state index contributed by atoms with van der Waals surface area (Å²) in [7, 11) is 1.99. The van der Waals surface area contributed by atoms with E-state index in [2.05, 4.69) is 11.1 Å². The van der Waals surface area contributed by atoms with E-state index in [1.807, 2.05) is 29.9 Å². The van der Waals surface area contributed by atoms with Gasteiger partial charge < -0.3 is 9.30 Å². The first kappa shape index (κ1) is 13.5. The zero-order chi connectivity index (χ0) is 13.5. The van der Waals surface area contributed by atoms with Crippen LogP contribution in [-0.4, -0.2) is 21.9 Å². The van der Waals surface area contributed by atoms with E-state index in [1.54, 1.807) is 30.1 Å². The molecule has 1 aromatic heterocycles. The lowest BCUT2D eigenvalue weighted by molar-refractivity contribution is 0.318. The van der Waals surface area contributed by atoms with Gasteiger partial charge in [-0.1, -0.05) is 17.8 Å². The van der Waals surface area contributed by atoms with Crippen molar-refractivity contribution in [2.24, 2.45) is 7.05 Å². The number of thioether (sulfide) groups is 1. The number of benzene rings is 1. The average Bonchev–Trinajstić information content (AvgIpc) is 2.84. The molecule has 0 atom stereocenters. The number of hydrogen-bond acceptors (Lipinski definition) is 4. The van der Waals surface area contributed by atoms with Gasteiger partial charge in [-0.25, -0.2) is 4.98 Å². The summed E-state index contributed by atoms with van der Waals surface area (Å²) < 4.78 is 7.61. The predicted molar refractivity (Wildman–Crippen MR) is 75.2 cm³/mol. The highest BCUT2D eigenvalue weighted by Gasteiger charge is 2.00. The molecule has 0 spiro atoms. The lowest BCUT2D eigenvalue weighted by atomic mass is 10.2. The van der Waals surface area contributed by atoms with Gasteiger partial charge in [-0.3, -0.25) is 0 Å². The summed E-state index contributed by atoms with van der Waals surface area (Å²) in [6, 6.07) is 9.32. The number of aromatic nitrogens is 2. The minimum absolute atomic E-state index is 0.625. The zero-order valence-corrected chi connectivity index (χ0v) is 11.6. The van der Waals surface area contributed by atoms with Gasteiger partial charge in [0.25, 0.3) is 0 Å². The van der Waals surface area contributed by atoms with E-state index in [0.29, 0.717) is 12.2 Å². The second kappa shape index (κ2) is 6.86. The fourth-order valence-electron chi connectivity index (χ4n) is 1.56. The van der Waals surface area contributed by atoms with Crippen molar-refractivity contribution in [1.82, 2.24) is 9.55 Å². The minimum Gasteiger partial charge on any atom is -0.494 e. The Balaban J connectivity index is 1.69. The number of aryl methyl sites for hydroxylation is 1. The average molecular weight is 273 g/mol. The van der Waals surface area contributed by atoms with Crippen LogP contribution in [0, 0.1) is 11.3 Å². The molecule has 0 fully saturated rings. The number of ether oxygens (including phenoxy) is 1. The molecule has 1 aromatic carbocycles. The van der Waals surface area contributed by atoms with Crippen LogP contribution in [0.15, 0.2) is 41.8 Å². The Kier molecular flexibility index (Phi) is 4.87. The molecule has 2 rings (SSSR count). The van der Waals surface area contributed by atoms with Crippen LogP contribution in [0.25, 0.3) is 0 Å². The van der Waals surface area contributed by atoms with E-state index < -0.39 is 0 Å². The largest absolute Gasteiger partial charge is 0.494 e. The van der Waals surface area contributed by atoms with Crippen LogP contribution in [0.1, 0.15) is 12.0 Å². The predicted octanol–water partition coefficient (Wildman–Crippen LogP) is 2.85. The zero-order valence-electron chi connectivity index (χ0n) is 10.7. The molecule has 1 heterocycles. The second-order valence-corrected chi connectivity index (χ2v) is 5.07. The Labute approximate surface area is 117 Å². The SMILES string of the molecule is Cn1ccnc1SCCCOc1cccc(C#N)c1. The maximum absolute atomic E-state index is 8.79. The fraction of sp³-hybridized carbons (Fsp3) is 0.286. The van der Waals surface area contributed by atoms with Crippen molar-refractivity contribution in [3.05, 3.63) is 42.2 Å². The van der Waals surface area contributed by atoms with Crippen LogP contribution in [0.5, 0.6) is 5.75 Å². The molecule has 0 saturated carbocycles. The van der Waals surface area contributed by atoms with Gasteiger partial charge in [0.1, 0.15) is 5.75 Å². The van der Waals surface area contributed by atoms with Crippen molar-refractivity contribution in [3.8, 4) is 11.8 Å². The van der Waals surface area contributed by atoms with Crippen LogP contribution in [0.2, 0.25) is 0 Å². The highest BCUT2D eigenvalue weighted by atomic mass is 32.2. The maximum atomic E-state index is 8.79. The first-order valence-corrected chi connectivity index (χ1v) is 7.01. The molecule has 0 saturated heterocycles. The summed E-state index contributed by atoms with van der Waals surface area (Å²) in [5.41, 5.74) is 0.625. The smallest absolute Gasteiger partial charge is 0.167 e. The fourth-order valence-corrected chi connectivity index (χ4v) is 2.40. The molecule has 5 heteroatoms. The van der Waals surface area contributed by atoms with E-state index in [1.165, 1.54) is 0 Å². The van der Waals surface area contributed by atoms with Crippen LogP contribution < -0.4 is 4.74 Å². The first-order valence-electron chi connectivity index (χ1n) is 6.02. The lowest BCUT2D eigenvalue weighted by Gasteiger charge is -2.06. The molecule has 19 heavy (non-hydrogen) atoms. The van der Waals surface area contributed by atoms with Gasteiger partial charge in [-0.15, -0.1) is 0 Å². The molecule has 0 bridgehead atoms. The molecule has 4 nitrogen and oxygen atoms in total. The number of hydrogen-bond donors (Lipinski definition) is 0. The van der Waals surface area contributed by atoms with E-state index in [9.17, 15) is 0 Å². The van der Waals surface area contributed by atoms with E-state index in [4.69, 9.17) is 10.00 Å². The Morgan fingerprint density at radius 1 is 1.47 bits per heavy atom. The van der Waals surface area contributed by atoms with Crippen molar-refractivity contribution in [1.29, 1.82) is 5.26 Å². The topological polar surface area (TPSA) is 50.8 Å². The van der Waals surface area contributed by atoms with Crippen molar-refractivity contribution in [3.63, 3.8) is 0 Å². The summed E-state index contributed by atoms with van der Waals surface area (Å²) >= 11 is 1.72. The normalized spacial score (nSPS) is 10.1. The monoisotopic (exact) mass is 273 g/mol. The molecule has 98 valence electrons. The number of nitriles is 1. The number of rotatable bonds is 6. The molecule has 0 N–H and O–H groups in total. The van der Waals surface area contributed by atoms with Gasteiger partial charge >= 0.3 is 0 Å². The quantitative estimate of drug-likeness (QED) is 0.600. The minimum atomic E-state index is 0.625. The Hall–Kier alpha value is -1.93. The molecule has 0 aliphatic carbocycles. The van der Waals surface area contributed by atoms with E-state index in [-0.39, 0.29) is 0 Å². The van der Waals surface area contributed by atoms with E-state index >= 15 is 0 Å². The molecule has 0 amide bonds. The summed E-state index contributed by atoms with van der Waals surface area (Å²) in [5, 5.41) is 9.81. The molecule has 0 aliphatic rings. The number of nitrogens with zero attached hydrogens (tertiary/aromatic N) is 3. The third-order valence-corrected chi connectivity index (χ3v) is 3.67. The molecule has 0 unspecified atom stereocenters. The van der Waals surface area contributed by atoms with Crippen molar-refractivity contribution >= 4 is 11.8 Å². The molecular formula is C14H15N3OS. The van der Waals surface area contributed by atoms with Crippen molar-refractivity contribution in [2.45, 2.75) is 11.6 Å². The van der Waals surface area contributed by atoms with Crippen LogP contribution in [0.3, 0.4) is 0 Å². The van der Waals surface area contributed by atoms with Gasteiger partial charge in [0.2, 0.25) is 0 Å². The van der Waals surface area contributed by atoms with Gasteiger partial charge in [-0.2, -0.15) is 5.26 Å². The second-order valence-electron chi connectivity index (χ2n) is 4.01. The van der Waals surface area contributed by atoms with Crippen LogP contribution >= 0.6 is 11.8 Å². The summed E-state index contributed by atoms with van der Waals surface area (Å²) in [6.07, 6.45) is 4.67.